The lowest BCUT2D eigenvalue weighted by atomic mass is 10.0. The Morgan fingerprint density at radius 3 is 1.56 bits per heavy atom. The van der Waals surface area contributed by atoms with Gasteiger partial charge in [-0.25, -0.2) is 0 Å². The summed E-state index contributed by atoms with van der Waals surface area (Å²) in [6, 6.07) is -2.46. The highest BCUT2D eigenvalue weighted by atomic mass is 16.3. The zero-order valence-corrected chi connectivity index (χ0v) is 40.9. The zero-order chi connectivity index (χ0) is 53.1. The lowest BCUT2D eigenvalue weighted by molar-refractivity contribution is -0.137. The first-order chi connectivity index (χ1) is 32.9. The van der Waals surface area contributed by atoms with E-state index in [9.17, 15) is 53.4 Å². The molecule has 0 unspecified atom stereocenters. The number of aliphatic hydroxyl groups excluding tert-OH is 2. The number of carbonyl (C=O) groups excluding carboxylic acids is 9. The third kappa shape index (κ3) is 24.2. The minimum absolute atomic E-state index is 0.0236. The Kier molecular flexibility index (Phi) is 28.5. The minimum atomic E-state index is -1.66. The number of aliphatic hydroxyl groups is 2. The third-order valence-electron chi connectivity index (χ3n) is 10.7. The predicted octanol–water partition coefficient (Wildman–Crippen LogP) is -4.65. The number of nitrogens with two attached hydrogens (primary N) is 6. The van der Waals surface area contributed by atoms with Crippen LogP contribution in [-0.2, 0) is 49.6 Å². The number of nitrogens with one attached hydrogen (secondary N) is 7. The van der Waals surface area contributed by atoms with Gasteiger partial charge in [-0.2, -0.15) is 0 Å². The van der Waals surface area contributed by atoms with Crippen LogP contribution in [0.4, 0.5) is 0 Å². The van der Waals surface area contributed by atoms with Crippen LogP contribution in [0.1, 0.15) is 98.0 Å². The molecule has 0 bridgehead atoms. The quantitative estimate of drug-likeness (QED) is 0.0175. The van der Waals surface area contributed by atoms with Gasteiger partial charge in [-0.15, -0.1) is 0 Å². The van der Waals surface area contributed by atoms with Gasteiger partial charge in [0.2, 0.25) is 53.2 Å². The number of amides is 9. The van der Waals surface area contributed by atoms with Crippen molar-refractivity contribution in [3.63, 3.8) is 0 Å². The van der Waals surface area contributed by atoms with Crippen molar-refractivity contribution in [2.75, 3.05) is 19.7 Å². The van der Waals surface area contributed by atoms with E-state index in [2.05, 4.69) is 42.2 Å². The lowest BCUT2D eigenvalue weighted by Gasteiger charge is -2.29. The molecule has 0 aliphatic carbocycles. The average molecular weight is 991 g/mol. The molecule has 70 heavy (non-hydrogen) atoms. The second-order valence-electron chi connectivity index (χ2n) is 18.0. The summed E-state index contributed by atoms with van der Waals surface area (Å²) in [5, 5.41) is 38.6. The highest BCUT2D eigenvalue weighted by Crippen LogP contribution is 2.11. The van der Waals surface area contributed by atoms with Crippen molar-refractivity contribution in [3.05, 3.63) is 35.9 Å². The summed E-state index contributed by atoms with van der Waals surface area (Å²) in [5.41, 5.74) is 33.9. The molecule has 9 atom stereocenters. The number of aliphatic imine (C=N–C) groups is 1. The zero-order valence-electron chi connectivity index (χ0n) is 40.9. The summed E-state index contributed by atoms with van der Waals surface area (Å²) < 4.78 is 0. The van der Waals surface area contributed by atoms with E-state index in [-0.39, 0.29) is 82.3 Å². The van der Waals surface area contributed by atoms with Crippen molar-refractivity contribution < 1.29 is 53.4 Å². The predicted molar refractivity (Wildman–Crippen MR) is 260 cm³/mol. The molecule has 0 radical (unpaired) electrons. The smallest absolute Gasteiger partial charge is 0.245 e. The fourth-order valence-electron chi connectivity index (χ4n) is 6.93. The summed E-state index contributed by atoms with van der Waals surface area (Å²) in [6.07, 6.45) is -0.935. The molecule has 21 N–H and O–H groups in total. The second-order valence-corrected chi connectivity index (χ2v) is 18.0. The van der Waals surface area contributed by atoms with E-state index in [1.54, 1.807) is 58.0 Å². The first-order valence-corrected chi connectivity index (χ1v) is 23.4. The van der Waals surface area contributed by atoms with Gasteiger partial charge in [-0.05, 0) is 82.2 Å². The number of primary amides is 2. The summed E-state index contributed by atoms with van der Waals surface area (Å²) in [5.74, 6) is -8.09. The Hall–Kier alpha value is -6.44. The van der Waals surface area contributed by atoms with E-state index in [1.807, 2.05) is 0 Å². The molecule has 25 heteroatoms. The molecule has 9 amide bonds. The summed E-state index contributed by atoms with van der Waals surface area (Å²) in [7, 11) is 0. The van der Waals surface area contributed by atoms with Crippen LogP contribution < -0.4 is 71.6 Å². The fraction of sp³-hybridized carbons (Fsp3) is 0.644. The van der Waals surface area contributed by atoms with Gasteiger partial charge in [0.05, 0.1) is 18.8 Å². The average Bonchev–Trinajstić information content (AvgIpc) is 3.28. The largest absolute Gasteiger partial charge is 0.394 e. The van der Waals surface area contributed by atoms with Crippen LogP contribution in [0.3, 0.4) is 0 Å². The van der Waals surface area contributed by atoms with Crippen LogP contribution in [0.2, 0.25) is 0 Å². The molecular formula is C45H78N14O11. The van der Waals surface area contributed by atoms with Crippen molar-refractivity contribution in [1.82, 2.24) is 37.2 Å². The van der Waals surface area contributed by atoms with E-state index in [1.165, 1.54) is 6.92 Å². The summed E-state index contributed by atoms with van der Waals surface area (Å²) in [4.78, 5) is 123. The fourth-order valence-corrected chi connectivity index (χ4v) is 6.93. The van der Waals surface area contributed by atoms with Gasteiger partial charge >= 0.3 is 0 Å². The van der Waals surface area contributed by atoms with Crippen molar-refractivity contribution in [2.45, 2.75) is 153 Å². The Balaban J connectivity index is 3.53. The van der Waals surface area contributed by atoms with Gasteiger partial charge in [0, 0.05) is 19.4 Å². The Labute approximate surface area is 408 Å². The van der Waals surface area contributed by atoms with E-state index >= 15 is 0 Å². The van der Waals surface area contributed by atoms with Crippen LogP contribution in [0.5, 0.6) is 0 Å². The molecule has 1 rings (SSSR count). The molecular weight excluding hydrogens is 913 g/mol. The molecule has 0 aliphatic heterocycles. The SMILES string of the molecule is CC(C)C[C@H](NC(=O)[C@H](CO)NC(=O)[C@H](Cc1ccccc1)NC(=O)[C@H](CCCN=C(N)N)NC(=O)[C@H](CCCCN)NC(=O)[C@@H](NC(=O)[C@H](CC(C)C)NC(=O)[C@@H](N)CCC(N)=O)[C@@H](C)O)C(N)=O. The van der Waals surface area contributed by atoms with Crippen molar-refractivity contribution >= 4 is 59.1 Å². The number of carbonyl (C=O) groups is 9. The molecule has 1 aromatic carbocycles. The molecule has 0 fully saturated rings. The molecule has 394 valence electrons. The summed E-state index contributed by atoms with van der Waals surface area (Å²) >= 11 is 0. The van der Waals surface area contributed by atoms with E-state index in [0.717, 1.165) is 0 Å². The number of rotatable bonds is 34. The first kappa shape index (κ1) is 61.6. The van der Waals surface area contributed by atoms with Gasteiger partial charge in [0.25, 0.3) is 0 Å². The van der Waals surface area contributed by atoms with Gasteiger partial charge in [0.1, 0.15) is 42.3 Å². The Morgan fingerprint density at radius 2 is 1.04 bits per heavy atom. The standard InChI is InChI=1S/C45H78N14O11/c1-24(2)20-31(37(49)63)55-43(69)34(23-60)58-41(67)33(22-27-12-7-6-8-13-27)57-40(66)30(15-11-19-52-45(50)51)53-39(65)29(14-9-10-18-46)54-44(70)36(26(5)61)59-42(68)32(21-25(3)4)56-38(64)28(47)16-17-35(48)62/h6-8,12-13,24-26,28-34,36,60-61H,9-11,14-23,46-47H2,1-5H3,(H2,48,62)(H2,49,63)(H,53,65)(H,54,70)(H,55,69)(H,56,64)(H,57,66)(H,58,67)(H,59,68)(H4,50,51,52)/t26-,28+,29+,30+,31+,32+,33+,34+,36+/m1/s1. The second kappa shape index (κ2) is 32.4. The monoisotopic (exact) mass is 991 g/mol. The molecule has 1 aromatic rings. The highest BCUT2D eigenvalue weighted by molar-refractivity contribution is 5.98. The Bertz CT molecular complexity index is 1900. The van der Waals surface area contributed by atoms with Gasteiger partial charge in [0.15, 0.2) is 5.96 Å². The molecule has 0 spiro atoms. The number of benzene rings is 1. The van der Waals surface area contributed by atoms with Crippen LogP contribution in [0.15, 0.2) is 35.3 Å². The maximum atomic E-state index is 14.3. The summed E-state index contributed by atoms with van der Waals surface area (Å²) in [6.45, 7) is 7.76. The maximum Gasteiger partial charge on any atom is 0.245 e. The van der Waals surface area contributed by atoms with Gasteiger partial charge < -0.3 is 81.8 Å². The normalized spacial score (nSPS) is 15.0. The number of hydrogen-bond acceptors (Lipinski definition) is 14. The molecule has 0 aliphatic rings. The number of hydrogen-bond donors (Lipinski definition) is 15. The molecule has 0 saturated heterocycles. The topological polar surface area (TPSA) is 447 Å². The van der Waals surface area contributed by atoms with E-state index in [4.69, 9.17) is 34.4 Å². The van der Waals surface area contributed by atoms with Gasteiger partial charge in [-0.1, -0.05) is 58.0 Å². The third-order valence-corrected chi connectivity index (χ3v) is 10.7. The number of guanidine groups is 1. The van der Waals surface area contributed by atoms with Crippen LogP contribution in [0.25, 0.3) is 0 Å². The van der Waals surface area contributed by atoms with Crippen molar-refractivity contribution in [1.29, 1.82) is 0 Å². The maximum absolute atomic E-state index is 14.3. The lowest BCUT2D eigenvalue weighted by Crippen LogP contribution is -2.62. The minimum Gasteiger partial charge on any atom is -0.394 e. The van der Waals surface area contributed by atoms with Crippen LogP contribution in [0, 0.1) is 11.8 Å². The van der Waals surface area contributed by atoms with Gasteiger partial charge in [-0.3, -0.25) is 48.1 Å². The van der Waals surface area contributed by atoms with Crippen LogP contribution in [-0.4, -0.2) is 143 Å². The molecule has 0 saturated carbocycles. The molecule has 0 aromatic heterocycles. The van der Waals surface area contributed by atoms with Crippen molar-refractivity contribution in [2.24, 2.45) is 51.2 Å². The Morgan fingerprint density at radius 1 is 0.571 bits per heavy atom. The van der Waals surface area contributed by atoms with E-state index < -0.39 is 114 Å². The highest BCUT2D eigenvalue weighted by Gasteiger charge is 2.35. The van der Waals surface area contributed by atoms with E-state index in [0.29, 0.717) is 18.4 Å². The number of nitrogens with zero attached hydrogens (tertiary/aromatic N) is 1. The van der Waals surface area contributed by atoms with Crippen LogP contribution >= 0.6 is 0 Å². The number of unbranched alkanes of at least 4 members (excludes halogenated alkanes) is 1. The molecule has 0 heterocycles. The van der Waals surface area contributed by atoms with Crippen molar-refractivity contribution in [3.8, 4) is 0 Å². The first-order valence-electron chi connectivity index (χ1n) is 23.4. The molecule has 25 nitrogen and oxygen atoms in total.